The third-order valence-electron chi connectivity index (χ3n) is 3.14. The van der Waals surface area contributed by atoms with Crippen molar-refractivity contribution in [3.05, 3.63) is 54.1 Å². The largest absolute Gasteiger partial charge is 0.465 e. The van der Waals surface area contributed by atoms with Gasteiger partial charge in [-0.15, -0.1) is 0 Å². The monoisotopic (exact) mass is 342 g/mol. The molecule has 0 bridgehead atoms. The molecule has 0 atom stereocenters. The molecule has 0 saturated carbocycles. The van der Waals surface area contributed by atoms with Crippen LogP contribution in [0.25, 0.3) is 0 Å². The Balaban J connectivity index is 2.06. The van der Waals surface area contributed by atoms with Gasteiger partial charge < -0.3 is 14.8 Å². The molecule has 0 heterocycles. The summed E-state index contributed by atoms with van der Waals surface area (Å²) in [6.45, 7) is 5.41. The molecule has 0 spiro atoms. The molecule has 6 heteroatoms. The number of amides is 1. The van der Waals surface area contributed by atoms with E-state index in [1.165, 1.54) is 7.11 Å². The molecule has 0 aliphatic heterocycles. The average Bonchev–Trinajstić information content (AvgIpc) is 2.54. The van der Waals surface area contributed by atoms with Crippen LogP contribution >= 0.6 is 0 Å². The SMILES string of the molecule is COC(=O)c1ccccc1Nc1ccc(NC(=O)OC(C)(C)C)cc1. The molecule has 0 fully saturated rings. The Morgan fingerprint density at radius 1 is 0.920 bits per heavy atom. The first kappa shape index (κ1) is 18.3. The molecule has 2 N–H and O–H groups in total. The van der Waals surface area contributed by atoms with Gasteiger partial charge in [-0.1, -0.05) is 12.1 Å². The Morgan fingerprint density at radius 3 is 2.12 bits per heavy atom. The molecule has 2 rings (SSSR count). The predicted molar refractivity (Wildman–Crippen MR) is 97.4 cm³/mol. The number of hydrogen-bond donors (Lipinski definition) is 2. The van der Waals surface area contributed by atoms with Gasteiger partial charge >= 0.3 is 12.1 Å². The van der Waals surface area contributed by atoms with Gasteiger partial charge in [-0.2, -0.15) is 0 Å². The van der Waals surface area contributed by atoms with Crippen molar-refractivity contribution in [2.45, 2.75) is 26.4 Å². The van der Waals surface area contributed by atoms with Gasteiger partial charge in [0.15, 0.2) is 0 Å². The van der Waals surface area contributed by atoms with E-state index in [9.17, 15) is 9.59 Å². The van der Waals surface area contributed by atoms with Crippen LogP contribution in [0.1, 0.15) is 31.1 Å². The Hall–Kier alpha value is -3.02. The Bertz CT molecular complexity index is 749. The lowest BCUT2D eigenvalue weighted by Crippen LogP contribution is -2.27. The lowest BCUT2D eigenvalue weighted by Gasteiger charge is -2.19. The maximum atomic E-state index is 11.8. The van der Waals surface area contributed by atoms with Crippen molar-refractivity contribution >= 4 is 29.1 Å². The summed E-state index contributed by atoms with van der Waals surface area (Å²) < 4.78 is 9.98. The second kappa shape index (κ2) is 7.70. The first-order valence-corrected chi connectivity index (χ1v) is 7.83. The van der Waals surface area contributed by atoms with Gasteiger partial charge in [0.25, 0.3) is 0 Å². The summed E-state index contributed by atoms with van der Waals surface area (Å²) in [5.41, 5.74) is 1.92. The summed E-state index contributed by atoms with van der Waals surface area (Å²) in [5, 5.41) is 5.83. The highest BCUT2D eigenvalue weighted by atomic mass is 16.6. The van der Waals surface area contributed by atoms with Crippen LogP contribution in [0.5, 0.6) is 0 Å². The fourth-order valence-corrected chi connectivity index (χ4v) is 2.09. The van der Waals surface area contributed by atoms with E-state index in [0.29, 0.717) is 16.9 Å². The highest BCUT2D eigenvalue weighted by molar-refractivity contribution is 5.96. The summed E-state index contributed by atoms with van der Waals surface area (Å²) in [5.74, 6) is -0.411. The minimum Gasteiger partial charge on any atom is -0.465 e. The van der Waals surface area contributed by atoms with Gasteiger partial charge in [-0.05, 0) is 57.2 Å². The molecule has 0 unspecified atom stereocenters. The lowest BCUT2D eigenvalue weighted by molar-refractivity contribution is 0.0599. The van der Waals surface area contributed by atoms with Gasteiger partial charge in [0.05, 0.1) is 18.4 Å². The molecule has 2 aromatic carbocycles. The number of benzene rings is 2. The van der Waals surface area contributed by atoms with E-state index >= 15 is 0 Å². The van der Waals surface area contributed by atoms with Crippen LogP contribution in [0.15, 0.2) is 48.5 Å². The van der Waals surface area contributed by atoms with Crippen LogP contribution in [0.3, 0.4) is 0 Å². The summed E-state index contributed by atoms with van der Waals surface area (Å²) in [4.78, 5) is 23.5. The van der Waals surface area contributed by atoms with Crippen molar-refractivity contribution in [3.63, 3.8) is 0 Å². The number of methoxy groups -OCH3 is 1. The topological polar surface area (TPSA) is 76.7 Å². The zero-order chi connectivity index (χ0) is 18.4. The van der Waals surface area contributed by atoms with E-state index in [-0.39, 0.29) is 0 Å². The zero-order valence-corrected chi connectivity index (χ0v) is 14.8. The molecule has 2 aromatic rings. The number of hydrogen-bond acceptors (Lipinski definition) is 5. The van der Waals surface area contributed by atoms with Crippen LogP contribution in [0.2, 0.25) is 0 Å². The maximum Gasteiger partial charge on any atom is 0.412 e. The van der Waals surface area contributed by atoms with Crippen LogP contribution < -0.4 is 10.6 Å². The fraction of sp³-hybridized carbons (Fsp3) is 0.263. The quantitative estimate of drug-likeness (QED) is 0.796. The number of esters is 1. The number of rotatable bonds is 4. The molecule has 0 aliphatic rings. The second-order valence-electron chi connectivity index (χ2n) is 6.37. The number of carbonyl (C=O) groups is 2. The Labute approximate surface area is 147 Å². The third-order valence-corrected chi connectivity index (χ3v) is 3.14. The van der Waals surface area contributed by atoms with Gasteiger partial charge in [0, 0.05) is 11.4 Å². The standard InChI is InChI=1S/C19H22N2O4/c1-19(2,3)25-18(23)21-14-11-9-13(10-12-14)20-16-8-6-5-7-15(16)17(22)24-4/h5-12,20H,1-4H3,(H,21,23). The Morgan fingerprint density at radius 2 is 1.52 bits per heavy atom. The number of carbonyl (C=O) groups excluding carboxylic acids is 2. The van der Waals surface area contributed by atoms with Gasteiger partial charge in [0.1, 0.15) is 5.60 Å². The summed E-state index contributed by atoms with van der Waals surface area (Å²) in [6, 6.07) is 14.1. The number of anilines is 3. The molecule has 0 aliphatic carbocycles. The first-order valence-electron chi connectivity index (χ1n) is 7.83. The molecule has 0 radical (unpaired) electrons. The first-order chi connectivity index (χ1) is 11.8. The normalized spacial score (nSPS) is 10.7. The van der Waals surface area contributed by atoms with Gasteiger partial charge in [-0.3, -0.25) is 5.32 Å². The summed E-state index contributed by atoms with van der Waals surface area (Å²) in [7, 11) is 1.34. The molecule has 1 amide bonds. The minimum atomic E-state index is -0.552. The van der Waals surface area contributed by atoms with E-state index < -0.39 is 17.7 Å². The zero-order valence-electron chi connectivity index (χ0n) is 14.8. The van der Waals surface area contributed by atoms with E-state index in [4.69, 9.17) is 9.47 Å². The van der Waals surface area contributed by atoms with E-state index in [2.05, 4.69) is 10.6 Å². The van der Waals surface area contributed by atoms with E-state index in [0.717, 1.165) is 5.69 Å². The van der Waals surface area contributed by atoms with Crippen LogP contribution in [-0.4, -0.2) is 24.8 Å². The fourth-order valence-electron chi connectivity index (χ4n) is 2.09. The highest BCUT2D eigenvalue weighted by Gasteiger charge is 2.16. The second-order valence-corrected chi connectivity index (χ2v) is 6.37. The van der Waals surface area contributed by atoms with Crippen molar-refractivity contribution in [2.24, 2.45) is 0 Å². The summed E-state index contributed by atoms with van der Waals surface area (Å²) in [6.07, 6.45) is -0.510. The van der Waals surface area contributed by atoms with E-state index in [1.54, 1.807) is 63.2 Å². The van der Waals surface area contributed by atoms with Crippen LogP contribution in [0, 0.1) is 0 Å². The number of nitrogens with one attached hydrogen (secondary N) is 2. The van der Waals surface area contributed by atoms with Crippen molar-refractivity contribution in [1.82, 2.24) is 0 Å². The molecule has 6 nitrogen and oxygen atoms in total. The van der Waals surface area contributed by atoms with Crippen molar-refractivity contribution in [2.75, 3.05) is 17.7 Å². The van der Waals surface area contributed by atoms with Crippen molar-refractivity contribution in [1.29, 1.82) is 0 Å². The van der Waals surface area contributed by atoms with Crippen molar-refractivity contribution in [3.8, 4) is 0 Å². The van der Waals surface area contributed by atoms with Gasteiger partial charge in [0.2, 0.25) is 0 Å². The molecule has 0 saturated heterocycles. The highest BCUT2D eigenvalue weighted by Crippen LogP contribution is 2.23. The van der Waals surface area contributed by atoms with Gasteiger partial charge in [-0.25, -0.2) is 9.59 Å². The molecule has 25 heavy (non-hydrogen) atoms. The predicted octanol–water partition coefficient (Wildman–Crippen LogP) is 4.56. The molecule has 0 aromatic heterocycles. The number of ether oxygens (including phenoxy) is 2. The average molecular weight is 342 g/mol. The third kappa shape index (κ3) is 5.53. The molecule has 132 valence electrons. The van der Waals surface area contributed by atoms with Crippen LogP contribution in [0.4, 0.5) is 21.9 Å². The van der Waals surface area contributed by atoms with E-state index in [1.807, 2.05) is 6.07 Å². The summed E-state index contributed by atoms with van der Waals surface area (Å²) >= 11 is 0. The molecular weight excluding hydrogens is 320 g/mol. The Kier molecular flexibility index (Phi) is 5.64. The van der Waals surface area contributed by atoms with Crippen molar-refractivity contribution < 1.29 is 19.1 Å². The number of para-hydroxylation sites is 1. The molecular formula is C19H22N2O4. The minimum absolute atomic E-state index is 0.411. The maximum absolute atomic E-state index is 11.8. The van der Waals surface area contributed by atoms with Crippen LogP contribution in [-0.2, 0) is 9.47 Å². The smallest absolute Gasteiger partial charge is 0.412 e. The lowest BCUT2D eigenvalue weighted by atomic mass is 10.1.